The first-order valence-corrected chi connectivity index (χ1v) is 5.43. The van der Waals surface area contributed by atoms with E-state index in [9.17, 15) is 0 Å². The van der Waals surface area contributed by atoms with Gasteiger partial charge < -0.3 is 5.11 Å². The lowest BCUT2D eigenvalue weighted by Gasteiger charge is -2.14. The second kappa shape index (κ2) is 4.14. The molecule has 0 bridgehead atoms. The predicted octanol–water partition coefficient (Wildman–Crippen LogP) is 2.55. The molecule has 0 aliphatic heterocycles. The molecule has 0 heterocycles. The van der Waals surface area contributed by atoms with E-state index >= 15 is 0 Å². The van der Waals surface area contributed by atoms with Gasteiger partial charge >= 0.3 is 0 Å². The van der Waals surface area contributed by atoms with Crippen LogP contribution in [0.5, 0.6) is 0 Å². The molecule has 1 fully saturated rings. The quantitative estimate of drug-likeness (QED) is 0.678. The molecule has 2 rings (SSSR count). The van der Waals surface area contributed by atoms with Crippen molar-refractivity contribution >= 4 is 0 Å². The maximum Gasteiger partial charge on any atom is 0.0612 e. The topological polar surface area (TPSA) is 20.2 Å². The molecule has 0 aromatic rings. The molecule has 14 heavy (non-hydrogen) atoms. The zero-order chi connectivity index (χ0) is 9.97. The molecule has 2 aliphatic rings. The van der Waals surface area contributed by atoms with E-state index in [0.717, 1.165) is 5.92 Å². The summed E-state index contributed by atoms with van der Waals surface area (Å²) < 4.78 is 0. The number of aliphatic hydroxyl groups is 1. The van der Waals surface area contributed by atoms with Crippen LogP contribution in [0.15, 0.2) is 37.0 Å². The number of rotatable bonds is 3. The fourth-order valence-electron chi connectivity index (χ4n) is 2.97. The van der Waals surface area contributed by atoms with Crippen molar-refractivity contribution in [1.82, 2.24) is 0 Å². The van der Waals surface area contributed by atoms with Crippen molar-refractivity contribution in [3.05, 3.63) is 37.0 Å². The van der Waals surface area contributed by atoms with Crippen LogP contribution in [0, 0.1) is 23.7 Å². The van der Waals surface area contributed by atoms with Gasteiger partial charge in [0, 0.05) is 0 Å². The normalized spacial score (nSPS) is 40.6. The zero-order valence-corrected chi connectivity index (χ0v) is 8.47. The second-order valence-corrected chi connectivity index (χ2v) is 4.31. The van der Waals surface area contributed by atoms with Crippen LogP contribution in [0.4, 0.5) is 0 Å². The summed E-state index contributed by atoms with van der Waals surface area (Å²) in [6, 6.07) is 0. The molecule has 1 N–H and O–H groups in total. The van der Waals surface area contributed by atoms with Crippen LogP contribution in [0.3, 0.4) is 0 Å². The number of fused-ring (bicyclic) bond motifs is 1. The van der Waals surface area contributed by atoms with E-state index in [4.69, 9.17) is 5.11 Å². The zero-order valence-electron chi connectivity index (χ0n) is 8.47. The molecule has 0 spiro atoms. The Kier molecular flexibility index (Phi) is 2.87. The van der Waals surface area contributed by atoms with Gasteiger partial charge in [-0.1, -0.05) is 30.4 Å². The Balaban J connectivity index is 2.09. The van der Waals surface area contributed by atoms with Gasteiger partial charge in [-0.25, -0.2) is 0 Å². The highest BCUT2D eigenvalue weighted by Crippen LogP contribution is 2.48. The molecule has 0 radical (unpaired) electrons. The molecule has 76 valence electrons. The minimum atomic E-state index is 0.163. The summed E-state index contributed by atoms with van der Waals surface area (Å²) in [7, 11) is 0. The van der Waals surface area contributed by atoms with Crippen LogP contribution in [0.25, 0.3) is 0 Å². The Morgan fingerprint density at radius 3 is 3.00 bits per heavy atom. The largest absolute Gasteiger partial charge is 0.392 e. The Morgan fingerprint density at radius 1 is 1.43 bits per heavy atom. The third kappa shape index (κ3) is 1.57. The monoisotopic (exact) mass is 190 g/mol. The molecule has 4 unspecified atom stereocenters. The van der Waals surface area contributed by atoms with Crippen molar-refractivity contribution in [2.45, 2.75) is 12.8 Å². The molecular weight excluding hydrogens is 172 g/mol. The maximum absolute atomic E-state index is 8.77. The van der Waals surface area contributed by atoms with Crippen molar-refractivity contribution in [3.8, 4) is 0 Å². The first kappa shape index (κ1) is 9.72. The van der Waals surface area contributed by atoms with E-state index in [-0.39, 0.29) is 6.61 Å². The smallest absolute Gasteiger partial charge is 0.0612 e. The number of aliphatic hydroxyl groups excluding tert-OH is 1. The predicted molar refractivity (Wildman–Crippen MR) is 58.8 cm³/mol. The highest BCUT2D eigenvalue weighted by molar-refractivity contribution is 5.15. The maximum atomic E-state index is 8.77. The van der Waals surface area contributed by atoms with Gasteiger partial charge in [0.05, 0.1) is 6.61 Å². The highest BCUT2D eigenvalue weighted by Gasteiger charge is 2.40. The minimum absolute atomic E-state index is 0.163. The van der Waals surface area contributed by atoms with Gasteiger partial charge in [0.1, 0.15) is 0 Å². The summed E-state index contributed by atoms with van der Waals surface area (Å²) >= 11 is 0. The minimum Gasteiger partial charge on any atom is -0.392 e. The van der Waals surface area contributed by atoms with E-state index in [0.29, 0.717) is 17.8 Å². The van der Waals surface area contributed by atoms with Crippen LogP contribution < -0.4 is 0 Å². The van der Waals surface area contributed by atoms with Crippen LogP contribution >= 0.6 is 0 Å². The molecule has 0 saturated heterocycles. The van der Waals surface area contributed by atoms with Crippen molar-refractivity contribution in [3.63, 3.8) is 0 Å². The van der Waals surface area contributed by atoms with Gasteiger partial charge in [-0.15, -0.1) is 6.58 Å². The Hall–Kier alpha value is -0.820. The SMILES string of the molecule is C=CC1CC(/C=C/CO)C2C=CCC12. The number of hydrogen-bond acceptors (Lipinski definition) is 1. The lowest BCUT2D eigenvalue weighted by atomic mass is 9.90. The summed E-state index contributed by atoms with van der Waals surface area (Å²) in [4.78, 5) is 0. The van der Waals surface area contributed by atoms with Gasteiger partial charge in [-0.05, 0) is 36.5 Å². The van der Waals surface area contributed by atoms with E-state index in [2.05, 4.69) is 30.9 Å². The second-order valence-electron chi connectivity index (χ2n) is 4.31. The summed E-state index contributed by atoms with van der Waals surface area (Å²) in [6.07, 6.45) is 13.2. The van der Waals surface area contributed by atoms with E-state index in [1.807, 2.05) is 6.08 Å². The van der Waals surface area contributed by atoms with E-state index < -0.39 is 0 Å². The van der Waals surface area contributed by atoms with E-state index in [1.54, 1.807) is 0 Å². The summed E-state index contributed by atoms with van der Waals surface area (Å²) in [6.45, 7) is 4.08. The first-order valence-electron chi connectivity index (χ1n) is 5.43. The lowest BCUT2D eigenvalue weighted by Crippen LogP contribution is -2.09. The van der Waals surface area contributed by atoms with Gasteiger partial charge in [0.15, 0.2) is 0 Å². The molecule has 4 atom stereocenters. The Bertz CT molecular complexity index is 264. The van der Waals surface area contributed by atoms with Crippen molar-refractivity contribution in [2.75, 3.05) is 6.61 Å². The van der Waals surface area contributed by atoms with Crippen molar-refractivity contribution in [1.29, 1.82) is 0 Å². The molecular formula is C13H18O. The van der Waals surface area contributed by atoms with Gasteiger partial charge in [0.25, 0.3) is 0 Å². The number of allylic oxidation sites excluding steroid dienone is 4. The van der Waals surface area contributed by atoms with Gasteiger partial charge in [-0.2, -0.15) is 0 Å². The van der Waals surface area contributed by atoms with Crippen LogP contribution in [-0.4, -0.2) is 11.7 Å². The molecule has 0 aromatic carbocycles. The molecule has 1 nitrogen and oxygen atoms in total. The van der Waals surface area contributed by atoms with E-state index in [1.165, 1.54) is 12.8 Å². The average Bonchev–Trinajstić information content (AvgIpc) is 2.76. The third-order valence-electron chi connectivity index (χ3n) is 3.64. The van der Waals surface area contributed by atoms with Crippen LogP contribution in [0.1, 0.15) is 12.8 Å². The average molecular weight is 190 g/mol. The molecule has 1 heteroatoms. The molecule has 1 saturated carbocycles. The lowest BCUT2D eigenvalue weighted by molar-refractivity contribution is 0.341. The summed E-state index contributed by atoms with van der Waals surface area (Å²) in [5.41, 5.74) is 0. The van der Waals surface area contributed by atoms with Gasteiger partial charge in [0.2, 0.25) is 0 Å². The number of hydrogen-bond donors (Lipinski definition) is 1. The Labute approximate surface area is 85.8 Å². The Morgan fingerprint density at radius 2 is 2.29 bits per heavy atom. The fraction of sp³-hybridized carbons (Fsp3) is 0.538. The standard InChI is InChI=1S/C13H18O/c1-2-10-9-11(5-4-8-14)13-7-3-6-12(10)13/h2-5,7,10-14H,1,6,8-9H2/b5-4+. The fourth-order valence-corrected chi connectivity index (χ4v) is 2.97. The van der Waals surface area contributed by atoms with Crippen LogP contribution in [-0.2, 0) is 0 Å². The molecule has 2 aliphatic carbocycles. The van der Waals surface area contributed by atoms with Crippen molar-refractivity contribution < 1.29 is 5.11 Å². The molecule has 0 aromatic heterocycles. The summed E-state index contributed by atoms with van der Waals surface area (Å²) in [5, 5.41) is 8.77. The highest BCUT2D eigenvalue weighted by atomic mass is 16.2. The third-order valence-corrected chi connectivity index (χ3v) is 3.64. The molecule has 0 amide bonds. The van der Waals surface area contributed by atoms with Crippen molar-refractivity contribution in [2.24, 2.45) is 23.7 Å². The van der Waals surface area contributed by atoms with Gasteiger partial charge in [-0.3, -0.25) is 0 Å². The van der Waals surface area contributed by atoms with Crippen LogP contribution in [0.2, 0.25) is 0 Å². The summed E-state index contributed by atoms with van der Waals surface area (Å²) in [5.74, 6) is 2.76. The first-order chi connectivity index (χ1) is 6.86.